The fourth-order valence-corrected chi connectivity index (χ4v) is 4.20. The standard InChI is InChI=1S/C18H23N5O/c24-16(13-4-5-13)21-17-20-15-3-1-2-14(23(15)22-17)12-6-8-18(9-7-12)10-19-11-18/h1-3,12-13,19H,4-11H2,(H,21,22,24). The smallest absolute Gasteiger partial charge is 0.249 e. The molecule has 0 aromatic carbocycles. The number of fused-ring (bicyclic) bond motifs is 1. The molecule has 1 saturated heterocycles. The quantitative estimate of drug-likeness (QED) is 0.908. The molecule has 3 heterocycles. The van der Waals surface area contributed by atoms with E-state index in [0.29, 0.717) is 17.3 Å². The van der Waals surface area contributed by atoms with E-state index >= 15 is 0 Å². The number of hydrogen-bond donors (Lipinski definition) is 2. The van der Waals surface area contributed by atoms with Gasteiger partial charge in [-0.05, 0) is 56.1 Å². The van der Waals surface area contributed by atoms with E-state index in [-0.39, 0.29) is 11.8 Å². The predicted molar refractivity (Wildman–Crippen MR) is 90.9 cm³/mol. The highest BCUT2D eigenvalue weighted by Crippen LogP contribution is 2.45. The van der Waals surface area contributed by atoms with Gasteiger partial charge in [-0.1, -0.05) is 6.07 Å². The van der Waals surface area contributed by atoms with Gasteiger partial charge in [-0.25, -0.2) is 4.52 Å². The first-order valence-electron chi connectivity index (χ1n) is 9.10. The van der Waals surface area contributed by atoms with Gasteiger partial charge in [0, 0.05) is 30.6 Å². The van der Waals surface area contributed by atoms with Crippen LogP contribution in [0.15, 0.2) is 18.2 Å². The van der Waals surface area contributed by atoms with Crippen molar-refractivity contribution in [2.45, 2.75) is 44.4 Å². The molecule has 6 heteroatoms. The Labute approximate surface area is 141 Å². The van der Waals surface area contributed by atoms with Crippen LogP contribution in [0.5, 0.6) is 0 Å². The Morgan fingerprint density at radius 3 is 2.67 bits per heavy atom. The van der Waals surface area contributed by atoms with Gasteiger partial charge in [-0.15, -0.1) is 5.10 Å². The molecule has 0 atom stereocenters. The highest BCUT2D eigenvalue weighted by molar-refractivity contribution is 5.92. The zero-order chi connectivity index (χ0) is 16.1. The van der Waals surface area contributed by atoms with Gasteiger partial charge in [-0.2, -0.15) is 4.98 Å². The molecule has 3 fully saturated rings. The summed E-state index contributed by atoms with van der Waals surface area (Å²) < 4.78 is 1.93. The minimum Gasteiger partial charge on any atom is -0.316 e. The van der Waals surface area contributed by atoms with Crippen molar-refractivity contribution < 1.29 is 4.79 Å². The number of amides is 1. The molecule has 2 N–H and O–H groups in total. The predicted octanol–water partition coefficient (Wildman–Crippen LogP) is 2.33. The van der Waals surface area contributed by atoms with E-state index in [4.69, 9.17) is 0 Å². The number of carbonyl (C=O) groups excluding carboxylic acids is 1. The zero-order valence-electron chi connectivity index (χ0n) is 13.8. The SMILES string of the molecule is O=C(Nc1nc2cccc(C3CCC4(CC3)CNC4)n2n1)C1CC1. The molecule has 1 aliphatic heterocycles. The van der Waals surface area contributed by atoms with E-state index in [0.717, 1.165) is 18.5 Å². The van der Waals surface area contributed by atoms with Crippen LogP contribution in [0.25, 0.3) is 5.65 Å². The molecule has 0 bridgehead atoms. The molecule has 2 aliphatic carbocycles. The van der Waals surface area contributed by atoms with Crippen LogP contribution < -0.4 is 10.6 Å². The Bertz CT molecular complexity index is 780. The van der Waals surface area contributed by atoms with Crippen LogP contribution in [0.2, 0.25) is 0 Å². The maximum absolute atomic E-state index is 11.9. The van der Waals surface area contributed by atoms with Crippen LogP contribution in [0.4, 0.5) is 5.95 Å². The first-order chi connectivity index (χ1) is 11.7. The molecule has 2 aromatic rings. The van der Waals surface area contributed by atoms with Crippen LogP contribution in [-0.2, 0) is 4.79 Å². The molecule has 0 unspecified atom stereocenters. The molecule has 126 valence electrons. The Morgan fingerprint density at radius 2 is 2.00 bits per heavy atom. The van der Waals surface area contributed by atoms with Crippen molar-refractivity contribution in [1.82, 2.24) is 19.9 Å². The van der Waals surface area contributed by atoms with Crippen molar-refractivity contribution in [2.24, 2.45) is 11.3 Å². The summed E-state index contributed by atoms with van der Waals surface area (Å²) >= 11 is 0. The fraction of sp³-hybridized carbons (Fsp3) is 0.611. The molecule has 1 spiro atoms. The van der Waals surface area contributed by atoms with Gasteiger partial charge >= 0.3 is 0 Å². The summed E-state index contributed by atoms with van der Waals surface area (Å²) in [4.78, 5) is 16.4. The summed E-state index contributed by atoms with van der Waals surface area (Å²) in [7, 11) is 0. The number of carbonyl (C=O) groups is 1. The number of hydrogen-bond acceptors (Lipinski definition) is 4. The molecule has 1 amide bonds. The van der Waals surface area contributed by atoms with E-state index in [1.165, 1.54) is 44.5 Å². The van der Waals surface area contributed by atoms with Crippen LogP contribution in [0.1, 0.15) is 50.1 Å². The highest BCUT2D eigenvalue weighted by atomic mass is 16.2. The van der Waals surface area contributed by atoms with Crippen molar-refractivity contribution >= 4 is 17.5 Å². The van der Waals surface area contributed by atoms with E-state index in [1.54, 1.807) is 0 Å². The number of aromatic nitrogens is 3. The van der Waals surface area contributed by atoms with Crippen molar-refractivity contribution in [1.29, 1.82) is 0 Å². The second-order valence-corrected chi connectivity index (χ2v) is 7.80. The van der Waals surface area contributed by atoms with Gasteiger partial charge in [0.15, 0.2) is 5.65 Å². The summed E-state index contributed by atoms with van der Waals surface area (Å²) in [5.74, 6) is 1.20. The number of anilines is 1. The molecule has 3 aliphatic rings. The van der Waals surface area contributed by atoms with E-state index < -0.39 is 0 Å². The lowest BCUT2D eigenvalue weighted by molar-refractivity contribution is -0.117. The second-order valence-electron chi connectivity index (χ2n) is 7.80. The van der Waals surface area contributed by atoms with Crippen molar-refractivity contribution in [3.63, 3.8) is 0 Å². The number of rotatable bonds is 3. The van der Waals surface area contributed by atoms with Crippen molar-refractivity contribution in [3.8, 4) is 0 Å². The minimum absolute atomic E-state index is 0.0598. The third kappa shape index (κ3) is 2.40. The van der Waals surface area contributed by atoms with Gasteiger partial charge in [0.05, 0.1) is 0 Å². The Morgan fingerprint density at radius 1 is 1.21 bits per heavy atom. The fourth-order valence-electron chi connectivity index (χ4n) is 4.20. The van der Waals surface area contributed by atoms with Crippen LogP contribution >= 0.6 is 0 Å². The summed E-state index contributed by atoms with van der Waals surface area (Å²) in [5.41, 5.74) is 2.62. The van der Waals surface area contributed by atoms with E-state index in [1.807, 2.05) is 10.6 Å². The lowest BCUT2D eigenvalue weighted by Crippen LogP contribution is -2.54. The van der Waals surface area contributed by atoms with Crippen LogP contribution in [-0.4, -0.2) is 33.6 Å². The van der Waals surface area contributed by atoms with Gasteiger partial charge in [0.1, 0.15) is 0 Å². The Hall–Kier alpha value is -1.95. The maximum atomic E-state index is 11.9. The average molecular weight is 325 g/mol. The van der Waals surface area contributed by atoms with Gasteiger partial charge in [0.2, 0.25) is 11.9 Å². The van der Waals surface area contributed by atoms with E-state index in [2.05, 4.69) is 32.8 Å². The van der Waals surface area contributed by atoms with Gasteiger partial charge in [0.25, 0.3) is 0 Å². The lowest BCUT2D eigenvalue weighted by atomic mass is 9.66. The van der Waals surface area contributed by atoms with E-state index in [9.17, 15) is 4.79 Å². The Kier molecular flexibility index (Phi) is 3.16. The second kappa shape index (κ2) is 5.28. The number of pyridine rings is 1. The summed E-state index contributed by atoms with van der Waals surface area (Å²) in [6.45, 7) is 2.37. The molecule has 2 aromatic heterocycles. The molecule has 5 rings (SSSR count). The summed E-state index contributed by atoms with van der Waals surface area (Å²) in [6.07, 6.45) is 6.99. The normalized spacial score (nSPS) is 23.3. The topological polar surface area (TPSA) is 71.3 Å². The molecule has 2 saturated carbocycles. The molecule has 0 radical (unpaired) electrons. The molecular formula is C18H23N5O. The largest absolute Gasteiger partial charge is 0.316 e. The van der Waals surface area contributed by atoms with Crippen molar-refractivity contribution in [3.05, 3.63) is 23.9 Å². The van der Waals surface area contributed by atoms with Crippen molar-refractivity contribution in [2.75, 3.05) is 18.4 Å². The summed E-state index contributed by atoms with van der Waals surface area (Å²) in [5, 5.41) is 10.9. The third-order valence-corrected chi connectivity index (χ3v) is 6.04. The lowest BCUT2D eigenvalue weighted by Gasteiger charge is -2.47. The zero-order valence-corrected chi connectivity index (χ0v) is 13.8. The van der Waals surface area contributed by atoms with Gasteiger partial charge < -0.3 is 5.32 Å². The maximum Gasteiger partial charge on any atom is 0.249 e. The average Bonchev–Trinajstić information content (AvgIpc) is 3.34. The van der Waals surface area contributed by atoms with Crippen LogP contribution in [0.3, 0.4) is 0 Å². The number of nitrogens with one attached hydrogen (secondary N) is 2. The molecule has 24 heavy (non-hydrogen) atoms. The molecular weight excluding hydrogens is 302 g/mol. The minimum atomic E-state index is 0.0598. The monoisotopic (exact) mass is 325 g/mol. The molecule has 6 nitrogen and oxygen atoms in total. The number of nitrogens with zero attached hydrogens (tertiary/aromatic N) is 3. The van der Waals surface area contributed by atoms with Crippen LogP contribution in [0, 0.1) is 11.3 Å². The first-order valence-corrected chi connectivity index (χ1v) is 9.10. The highest BCUT2D eigenvalue weighted by Gasteiger charge is 2.40. The Balaban J connectivity index is 1.39. The first kappa shape index (κ1) is 14.4. The van der Waals surface area contributed by atoms with Gasteiger partial charge in [-0.3, -0.25) is 10.1 Å². The summed E-state index contributed by atoms with van der Waals surface area (Å²) in [6, 6.07) is 6.18. The third-order valence-electron chi connectivity index (χ3n) is 6.04.